The summed E-state index contributed by atoms with van der Waals surface area (Å²) in [6, 6.07) is 7.86. The molecule has 0 amide bonds. The number of unbranched alkanes of at least 4 members (excludes halogenated alkanes) is 2. The average Bonchev–Trinajstić information content (AvgIpc) is 2.38. The van der Waals surface area contributed by atoms with Crippen molar-refractivity contribution in [2.45, 2.75) is 46.0 Å². The maximum atomic E-state index is 10.9. The molecule has 0 fully saturated rings. The Morgan fingerprint density at radius 2 is 1.89 bits per heavy atom. The van der Waals surface area contributed by atoms with Gasteiger partial charge in [-0.05, 0) is 30.2 Å². The van der Waals surface area contributed by atoms with Gasteiger partial charge in [0, 0.05) is 5.56 Å². The molecule has 0 atom stereocenters. The fourth-order valence-electron chi connectivity index (χ4n) is 2.05. The second-order valence-electron chi connectivity index (χ2n) is 5.57. The van der Waals surface area contributed by atoms with Crippen LogP contribution in [-0.2, 0) is 6.42 Å². The van der Waals surface area contributed by atoms with Crippen molar-refractivity contribution in [3.05, 3.63) is 48.0 Å². The van der Waals surface area contributed by atoms with Crippen molar-refractivity contribution in [3.8, 4) is 0 Å². The fourth-order valence-corrected chi connectivity index (χ4v) is 2.05. The molecule has 98 valence electrons. The summed E-state index contributed by atoms with van der Waals surface area (Å²) >= 11 is 0. The summed E-state index contributed by atoms with van der Waals surface area (Å²) in [6.45, 7) is 8.31. The molecule has 0 bridgehead atoms. The minimum absolute atomic E-state index is 0.251. The molecule has 0 saturated heterocycles. The Balaban J connectivity index is 2.30. The summed E-state index contributed by atoms with van der Waals surface area (Å²) in [5.74, 6) is 0. The van der Waals surface area contributed by atoms with Crippen LogP contribution in [0.1, 0.15) is 55.5 Å². The van der Waals surface area contributed by atoms with Gasteiger partial charge in [-0.3, -0.25) is 4.79 Å². The van der Waals surface area contributed by atoms with Crippen LogP contribution in [0, 0.1) is 5.41 Å². The number of carbonyl (C=O) groups is 1. The molecule has 1 heteroatoms. The van der Waals surface area contributed by atoms with Gasteiger partial charge in [0.2, 0.25) is 0 Å². The van der Waals surface area contributed by atoms with Crippen molar-refractivity contribution >= 4 is 6.29 Å². The van der Waals surface area contributed by atoms with Crippen molar-refractivity contribution in [2.24, 2.45) is 5.41 Å². The summed E-state index contributed by atoms with van der Waals surface area (Å²) in [6.07, 6.45) is 8.77. The molecule has 0 saturated carbocycles. The van der Waals surface area contributed by atoms with Crippen molar-refractivity contribution in [3.63, 3.8) is 0 Å². The van der Waals surface area contributed by atoms with E-state index < -0.39 is 0 Å². The van der Waals surface area contributed by atoms with Gasteiger partial charge in [0.15, 0.2) is 0 Å². The molecule has 0 aliphatic heterocycles. The van der Waals surface area contributed by atoms with E-state index in [-0.39, 0.29) is 5.41 Å². The zero-order valence-electron chi connectivity index (χ0n) is 11.6. The van der Waals surface area contributed by atoms with E-state index in [9.17, 15) is 4.79 Å². The van der Waals surface area contributed by atoms with Gasteiger partial charge in [-0.15, -0.1) is 6.58 Å². The van der Waals surface area contributed by atoms with Crippen LogP contribution in [0.2, 0.25) is 0 Å². The van der Waals surface area contributed by atoms with Gasteiger partial charge in [-0.2, -0.15) is 0 Å². The second-order valence-corrected chi connectivity index (χ2v) is 5.57. The fraction of sp³-hybridized carbons (Fsp3) is 0.471. The van der Waals surface area contributed by atoms with Crippen LogP contribution >= 0.6 is 0 Å². The molecule has 0 spiro atoms. The third kappa shape index (κ3) is 4.87. The molecular formula is C17H24O. The van der Waals surface area contributed by atoms with Crippen LogP contribution in [0.4, 0.5) is 0 Å². The zero-order valence-corrected chi connectivity index (χ0v) is 11.6. The van der Waals surface area contributed by atoms with E-state index in [1.165, 1.54) is 24.8 Å². The Labute approximate surface area is 111 Å². The lowest BCUT2D eigenvalue weighted by Gasteiger charge is -2.19. The number of allylic oxidation sites excluding steroid dienone is 1. The molecule has 0 N–H and O–H groups in total. The highest BCUT2D eigenvalue weighted by atomic mass is 16.1. The van der Waals surface area contributed by atoms with Crippen LogP contribution in [0.15, 0.2) is 36.9 Å². The summed E-state index contributed by atoms with van der Waals surface area (Å²) in [7, 11) is 0. The third-order valence-electron chi connectivity index (χ3n) is 3.50. The van der Waals surface area contributed by atoms with Gasteiger partial charge in [-0.1, -0.05) is 57.0 Å². The number of aldehydes is 1. The molecule has 0 aliphatic rings. The second kappa shape index (κ2) is 7.15. The zero-order chi connectivity index (χ0) is 13.4. The summed E-state index contributed by atoms with van der Waals surface area (Å²) in [5.41, 5.74) is 2.26. The van der Waals surface area contributed by atoms with Gasteiger partial charge in [-0.25, -0.2) is 0 Å². The van der Waals surface area contributed by atoms with Crippen molar-refractivity contribution in [1.82, 2.24) is 0 Å². The number of aryl methyl sites for hydroxylation is 1. The van der Waals surface area contributed by atoms with E-state index in [4.69, 9.17) is 0 Å². The SMILES string of the molecule is C=CC(C)(C)CCCCCc1ccccc1C=O. The molecule has 0 radical (unpaired) electrons. The molecule has 0 aliphatic carbocycles. The van der Waals surface area contributed by atoms with E-state index in [0.717, 1.165) is 24.7 Å². The molecule has 18 heavy (non-hydrogen) atoms. The third-order valence-corrected chi connectivity index (χ3v) is 3.50. The molecule has 1 aromatic carbocycles. The Morgan fingerprint density at radius 3 is 2.56 bits per heavy atom. The predicted molar refractivity (Wildman–Crippen MR) is 78.0 cm³/mol. The van der Waals surface area contributed by atoms with Crippen molar-refractivity contribution < 1.29 is 4.79 Å². The Bertz CT molecular complexity index is 390. The quantitative estimate of drug-likeness (QED) is 0.364. The molecule has 0 aromatic heterocycles. The van der Waals surface area contributed by atoms with Crippen LogP contribution in [0.3, 0.4) is 0 Å². The van der Waals surface area contributed by atoms with E-state index in [1.54, 1.807) is 0 Å². The molecule has 1 aromatic rings. The molecular weight excluding hydrogens is 220 g/mol. The monoisotopic (exact) mass is 244 g/mol. The van der Waals surface area contributed by atoms with Gasteiger partial charge < -0.3 is 0 Å². The maximum Gasteiger partial charge on any atom is 0.150 e. The smallest absolute Gasteiger partial charge is 0.150 e. The highest BCUT2D eigenvalue weighted by Gasteiger charge is 2.11. The van der Waals surface area contributed by atoms with Crippen molar-refractivity contribution in [1.29, 1.82) is 0 Å². The standard InChI is InChI=1S/C17H24O/c1-4-17(2,3)13-9-5-6-10-15-11-7-8-12-16(15)14-18/h4,7-8,11-12,14H,1,5-6,9-10,13H2,2-3H3. The molecule has 0 unspecified atom stereocenters. The minimum Gasteiger partial charge on any atom is -0.298 e. The molecule has 1 nitrogen and oxygen atoms in total. The molecule has 0 heterocycles. The predicted octanol–water partition coefficient (Wildman–Crippen LogP) is 4.81. The minimum atomic E-state index is 0.251. The van der Waals surface area contributed by atoms with Crippen LogP contribution in [0.25, 0.3) is 0 Å². The first-order chi connectivity index (χ1) is 8.59. The van der Waals surface area contributed by atoms with Crippen LogP contribution < -0.4 is 0 Å². The highest BCUT2D eigenvalue weighted by Crippen LogP contribution is 2.24. The number of rotatable bonds is 8. The van der Waals surface area contributed by atoms with Crippen LogP contribution in [-0.4, -0.2) is 6.29 Å². The van der Waals surface area contributed by atoms with Gasteiger partial charge in [0.25, 0.3) is 0 Å². The van der Waals surface area contributed by atoms with E-state index in [0.29, 0.717) is 0 Å². The van der Waals surface area contributed by atoms with Gasteiger partial charge in [0.05, 0.1) is 0 Å². The lowest BCUT2D eigenvalue weighted by molar-refractivity contribution is 0.112. The first-order valence-corrected chi connectivity index (χ1v) is 6.76. The lowest BCUT2D eigenvalue weighted by atomic mass is 9.87. The normalized spacial score (nSPS) is 11.2. The maximum absolute atomic E-state index is 10.9. The molecule has 1 rings (SSSR count). The summed E-state index contributed by atoms with van der Waals surface area (Å²) < 4.78 is 0. The highest BCUT2D eigenvalue weighted by molar-refractivity contribution is 5.77. The van der Waals surface area contributed by atoms with Gasteiger partial charge >= 0.3 is 0 Å². The Morgan fingerprint density at radius 1 is 1.17 bits per heavy atom. The Kier molecular flexibility index (Phi) is 5.84. The lowest BCUT2D eigenvalue weighted by Crippen LogP contribution is -2.06. The van der Waals surface area contributed by atoms with Gasteiger partial charge in [0.1, 0.15) is 6.29 Å². The van der Waals surface area contributed by atoms with Crippen molar-refractivity contribution in [2.75, 3.05) is 0 Å². The topological polar surface area (TPSA) is 17.1 Å². The number of hydrogen-bond acceptors (Lipinski definition) is 1. The summed E-state index contributed by atoms with van der Waals surface area (Å²) in [5, 5.41) is 0. The average molecular weight is 244 g/mol. The number of benzene rings is 1. The van der Waals surface area contributed by atoms with E-state index in [2.05, 4.69) is 26.5 Å². The largest absolute Gasteiger partial charge is 0.298 e. The van der Waals surface area contributed by atoms with E-state index >= 15 is 0 Å². The number of carbonyl (C=O) groups excluding carboxylic acids is 1. The Hall–Kier alpha value is -1.37. The van der Waals surface area contributed by atoms with E-state index in [1.807, 2.05) is 24.3 Å². The first-order valence-electron chi connectivity index (χ1n) is 6.76. The number of hydrogen-bond donors (Lipinski definition) is 0. The summed E-state index contributed by atoms with van der Waals surface area (Å²) in [4.78, 5) is 10.9. The first kappa shape index (κ1) is 14.7. The van der Waals surface area contributed by atoms with Crippen LogP contribution in [0.5, 0.6) is 0 Å².